The quantitative estimate of drug-likeness (QED) is 0.633. The monoisotopic (exact) mass is 434 g/mol. The molecular formula is C28H38N2O2. The van der Waals surface area contributed by atoms with Crippen molar-refractivity contribution in [2.75, 3.05) is 32.8 Å². The molecule has 1 amide bonds. The maximum Gasteiger partial charge on any atom is 0.409 e. The minimum Gasteiger partial charge on any atom is -0.449 e. The number of nitrogens with one attached hydrogen (secondary N) is 1. The molecule has 1 aliphatic heterocycles. The first-order valence-corrected chi connectivity index (χ1v) is 13.2. The first-order chi connectivity index (χ1) is 15.8. The molecule has 1 saturated heterocycles. The molecule has 2 fully saturated rings. The molecule has 5 unspecified atom stereocenters. The van der Waals surface area contributed by atoms with E-state index in [2.05, 4.69) is 29.6 Å². The molecule has 5 aliphatic carbocycles. The molecule has 0 radical (unpaired) electrons. The number of piperazine rings is 1. The van der Waals surface area contributed by atoms with Crippen molar-refractivity contribution < 1.29 is 9.53 Å². The van der Waals surface area contributed by atoms with Gasteiger partial charge in [-0.3, -0.25) is 0 Å². The minimum atomic E-state index is -0.112. The van der Waals surface area contributed by atoms with Crippen molar-refractivity contribution in [2.45, 2.75) is 57.8 Å². The normalized spacial score (nSPS) is 36.2. The smallest absolute Gasteiger partial charge is 0.409 e. The van der Waals surface area contributed by atoms with E-state index in [9.17, 15) is 4.79 Å². The molecule has 4 nitrogen and oxygen atoms in total. The van der Waals surface area contributed by atoms with Crippen molar-refractivity contribution in [2.24, 2.45) is 29.6 Å². The van der Waals surface area contributed by atoms with Crippen molar-refractivity contribution in [1.82, 2.24) is 10.2 Å². The molecule has 0 aromatic rings. The van der Waals surface area contributed by atoms with Crippen molar-refractivity contribution in [1.29, 1.82) is 0 Å². The summed E-state index contributed by atoms with van der Waals surface area (Å²) in [6.45, 7) is 3.87. The lowest BCUT2D eigenvalue weighted by molar-refractivity contribution is 0.0768. The van der Waals surface area contributed by atoms with Gasteiger partial charge in [0.1, 0.15) is 0 Å². The van der Waals surface area contributed by atoms with Crippen LogP contribution in [0.4, 0.5) is 4.79 Å². The van der Waals surface area contributed by atoms with E-state index in [4.69, 9.17) is 4.74 Å². The SMILES string of the molecule is O=C(OCC1CCC2CCC3C(=C2C1)C=CC1=C2C=CCCC2CCC13)N1CCNCC1. The number of hydrogen-bond acceptors (Lipinski definition) is 3. The lowest BCUT2D eigenvalue weighted by Gasteiger charge is -2.46. The highest BCUT2D eigenvalue weighted by Gasteiger charge is 2.41. The second-order valence-electron chi connectivity index (χ2n) is 10.9. The summed E-state index contributed by atoms with van der Waals surface area (Å²) < 4.78 is 5.79. The van der Waals surface area contributed by atoms with Crippen molar-refractivity contribution in [3.63, 3.8) is 0 Å². The Bertz CT molecular complexity index is 876. The minimum absolute atomic E-state index is 0.112. The van der Waals surface area contributed by atoms with Crippen LogP contribution in [0.1, 0.15) is 57.8 Å². The van der Waals surface area contributed by atoms with Crippen LogP contribution in [0.15, 0.2) is 46.6 Å². The fraction of sp³-hybridized carbons (Fsp3) is 0.679. The topological polar surface area (TPSA) is 41.6 Å². The number of allylic oxidation sites excluding steroid dienone is 8. The molecule has 6 rings (SSSR count). The van der Waals surface area contributed by atoms with Gasteiger partial charge in [0.15, 0.2) is 0 Å². The van der Waals surface area contributed by atoms with Gasteiger partial charge in [-0.2, -0.15) is 0 Å². The van der Waals surface area contributed by atoms with Gasteiger partial charge in [-0.05, 0) is 104 Å². The van der Waals surface area contributed by atoms with Crippen LogP contribution < -0.4 is 5.32 Å². The van der Waals surface area contributed by atoms with Crippen molar-refractivity contribution in [3.8, 4) is 0 Å². The molecule has 172 valence electrons. The second-order valence-corrected chi connectivity index (χ2v) is 10.9. The second kappa shape index (κ2) is 8.85. The Balaban J connectivity index is 1.19. The van der Waals surface area contributed by atoms with Gasteiger partial charge in [0, 0.05) is 26.2 Å². The lowest BCUT2D eigenvalue weighted by atomic mass is 9.59. The van der Waals surface area contributed by atoms with Crippen LogP contribution in [0.25, 0.3) is 0 Å². The highest BCUT2D eigenvalue weighted by molar-refractivity contribution is 5.67. The van der Waals surface area contributed by atoms with Gasteiger partial charge in [0.2, 0.25) is 0 Å². The average Bonchev–Trinajstić information content (AvgIpc) is 2.87. The Labute approximate surface area is 192 Å². The number of amides is 1. The van der Waals surface area contributed by atoms with E-state index in [0.717, 1.165) is 56.3 Å². The van der Waals surface area contributed by atoms with E-state index in [1.807, 2.05) is 4.90 Å². The van der Waals surface area contributed by atoms with E-state index in [1.165, 1.54) is 51.4 Å². The Morgan fingerprint density at radius 3 is 2.50 bits per heavy atom. The number of ether oxygens (including phenoxy) is 1. The number of fused-ring (bicyclic) bond motifs is 5. The summed E-state index contributed by atoms with van der Waals surface area (Å²) in [4.78, 5) is 14.3. The first kappa shape index (κ1) is 20.8. The summed E-state index contributed by atoms with van der Waals surface area (Å²) in [5.74, 6) is 3.54. The largest absolute Gasteiger partial charge is 0.449 e. The predicted octanol–water partition coefficient (Wildman–Crippen LogP) is 5.39. The van der Waals surface area contributed by atoms with E-state index in [-0.39, 0.29) is 6.09 Å². The summed E-state index contributed by atoms with van der Waals surface area (Å²) in [6.07, 6.45) is 21.5. The fourth-order valence-corrected chi connectivity index (χ4v) is 7.55. The van der Waals surface area contributed by atoms with E-state index < -0.39 is 0 Å². The van der Waals surface area contributed by atoms with Crippen LogP contribution in [0.2, 0.25) is 0 Å². The summed E-state index contributed by atoms with van der Waals surface area (Å²) in [6, 6.07) is 0. The third-order valence-corrected chi connectivity index (χ3v) is 9.24. The summed E-state index contributed by atoms with van der Waals surface area (Å²) in [5, 5.41) is 3.30. The zero-order valence-corrected chi connectivity index (χ0v) is 19.4. The number of nitrogens with zero attached hydrogens (tertiary/aromatic N) is 1. The average molecular weight is 435 g/mol. The molecule has 0 spiro atoms. The highest BCUT2D eigenvalue weighted by atomic mass is 16.6. The standard InChI is InChI=1S/C28H38N2O2/c31-28(30-15-13-29-14-16-30)32-18-19-5-6-21-8-10-25-24-9-7-20-3-1-2-4-22(20)23(24)11-12-26(25)27(21)17-19/h2,4,11-12,19-21,24-25,29H,1,3,5-10,13-18H2. The first-order valence-electron chi connectivity index (χ1n) is 13.2. The third kappa shape index (κ3) is 3.79. The molecule has 32 heavy (non-hydrogen) atoms. The Morgan fingerprint density at radius 1 is 0.875 bits per heavy atom. The molecule has 0 bridgehead atoms. The molecule has 5 atom stereocenters. The maximum atomic E-state index is 12.5. The highest BCUT2D eigenvalue weighted by Crippen LogP contribution is 2.54. The fourth-order valence-electron chi connectivity index (χ4n) is 7.55. The van der Waals surface area contributed by atoms with Crippen LogP contribution in [0.5, 0.6) is 0 Å². The van der Waals surface area contributed by atoms with Gasteiger partial charge in [0.05, 0.1) is 6.61 Å². The molecule has 4 heteroatoms. The number of rotatable bonds is 2. The molecule has 0 aromatic heterocycles. The van der Waals surface area contributed by atoms with Crippen LogP contribution >= 0.6 is 0 Å². The summed E-state index contributed by atoms with van der Waals surface area (Å²) in [5.41, 5.74) is 6.72. The summed E-state index contributed by atoms with van der Waals surface area (Å²) >= 11 is 0. The van der Waals surface area contributed by atoms with E-state index in [0.29, 0.717) is 12.5 Å². The lowest BCUT2D eigenvalue weighted by Crippen LogP contribution is -2.47. The van der Waals surface area contributed by atoms with Gasteiger partial charge in [-0.25, -0.2) is 4.79 Å². The van der Waals surface area contributed by atoms with Crippen molar-refractivity contribution >= 4 is 6.09 Å². The molecule has 6 aliphatic rings. The van der Waals surface area contributed by atoms with Crippen molar-refractivity contribution in [3.05, 3.63) is 46.6 Å². The maximum absolute atomic E-state index is 12.5. The number of hydrogen-bond donors (Lipinski definition) is 1. The Morgan fingerprint density at radius 2 is 1.62 bits per heavy atom. The van der Waals surface area contributed by atoms with Crippen LogP contribution in [0.3, 0.4) is 0 Å². The zero-order valence-electron chi connectivity index (χ0n) is 19.4. The number of carbonyl (C=O) groups excluding carboxylic acids is 1. The third-order valence-electron chi connectivity index (χ3n) is 9.24. The summed E-state index contributed by atoms with van der Waals surface area (Å²) in [7, 11) is 0. The Hall–Kier alpha value is -1.81. The van der Waals surface area contributed by atoms with Gasteiger partial charge < -0.3 is 15.0 Å². The van der Waals surface area contributed by atoms with Gasteiger partial charge >= 0.3 is 6.09 Å². The van der Waals surface area contributed by atoms with Gasteiger partial charge in [-0.1, -0.05) is 29.9 Å². The molecule has 1 heterocycles. The molecule has 0 aromatic carbocycles. The Kier molecular flexibility index (Phi) is 5.75. The molecule has 1 saturated carbocycles. The van der Waals surface area contributed by atoms with Gasteiger partial charge in [0.25, 0.3) is 0 Å². The zero-order chi connectivity index (χ0) is 21.5. The predicted molar refractivity (Wildman–Crippen MR) is 127 cm³/mol. The molecular weight excluding hydrogens is 396 g/mol. The van der Waals surface area contributed by atoms with Crippen LogP contribution in [-0.4, -0.2) is 43.8 Å². The molecule has 1 N–H and O–H groups in total. The van der Waals surface area contributed by atoms with Crippen LogP contribution in [-0.2, 0) is 4.74 Å². The van der Waals surface area contributed by atoms with E-state index >= 15 is 0 Å². The van der Waals surface area contributed by atoms with Crippen LogP contribution in [0, 0.1) is 29.6 Å². The van der Waals surface area contributed by atoms with E-state index in [1.54, 1.807) is 22.3 Å². The van der Waals surface area contributed by atoms with Gasteiger partial charge in [-0.15, -0.1) is 0 Å². The number of carbonyl (C=O) groups is 1.